The molecule has 0 aliphatic carbocycles. The molecule has 3 aromatic rings. The van der Waals surface area contributed by atoms with E-state index in [1.807, 2.05) is 0 Å². The maximum Gasteiger partial charge on any atom is 0.226 e. The number of rotatable bonds is 9. The summed E-state index contributed by atoms with van der Waals surface area (Å²) in [6, 6.07) is 32.3. The molecule has 1 N–H and O–H groups in total. The number of carbonyl (C=O) groups excluding carboxylic acids is 2. The van der Waals surface area contributed by atoms with Gasteiger partial charge < -0.3 is 17.0 Å². The Morgan fingerprint density at radius 1 is 0.677 bits per heavy atom. The number of nitrogens with one attached hydrogen (secondary N) is 1. The molecule has 2 amide bonds. The molecular formula is C26H29BrNO2P. The van der Waals surface area contributed by atoms with Gasteiger partial charge in [-0.15, -0.1) is 0 Å². The van der Waals surface area contributed by atoms with Crippen molar-refractivity contribution >= 4 is 35.0 Å². The number of unbranched alkanes of at least 4 members (excludes halogenated alkanes) is 1. The zero-order valence-corrected chi connectivity index (χ0v) is 20.3. The fourth-order valence-corrected chi connectivity index (χ4v) is 8.23. The molecule has 5 heteroatoms. The summed E-state index contributed by atoms with van der Waals surface area (Å²) in [5.41, 5.74) is 0. The fourth-order valence-electron chi connectivity index (χ4n) is 3.82. The third kappa shape index (κ3) is 6.35. The molecule has 0 aliphatic heterocycles. The first-order chi connectivity index (χ1) is 14.7. The van der Waals surface area contributed by atoms with Crippen LogP contribution in [0.3, 0.4) is 0 Å². The van der Waals surface area contributed by atoms with Crippen molar-refractivity contribution in [1.29, 1.82) is 0 Å². The van der Waals surface area contributed by atoms with Crippen molar-refractivity contribution in [2.75, 3.05) is 6.16 Å². The van der Waals surface area contributed by atoms with Gasteiger partial charge in [-0.2, -0.15) is 0 Å². The minimum absolute atomic E-state index is 0. The van der Waals surface area contributed by atoms with Crippen molar-refractivity contribution in [2.24, 2.45) is 0 Å². The van der Waals surface area contributed by atoms with Crippen LogP contribution in [-0.2, 0) is 9.59 Å². The molecule has 0 bridgehead atoms. The number of hydrogen-bond acceptors (Lipinski definition) is 2. The summed E-state index contributed by atoms with van der Waals surface area (Å²) in [6.07, 6.45) is 3.37. The molecule has 0 spiro atoms. The van der Waals surface area contributed by atoms with E-state index in [1.165, 1.54) is 15.9 Å². The van der Waals surface area contributed by atoms with Crippen LogP contribution in [0.25, 0.3) is 0 Å². The molecule has 0 unspecified atom stereocenters. The highest BCUT2D eigenvalue weighted by Gasteiger charge is 2.44. The molecular weight excluding hydrogens is 469 g/mol. The van der Waals surface area contributed by atoms with Gasteiger partial charge in [0.25, 0.3) is 0 Å². The predicted octanol–water partition coefficient (Wildman–Crippen LogP) is 1.21. The molecule has 3 aromatic carbocycles. The standard InChI is InChI=1S/C26H28NO2P.BrH/c1-2-25(28)27-26(29)20-12-13-21-30(22-14-6-3-7-15-22,23-16-8-4-9-17-23)24-18-10-5-11-19-24;/h3-11,14-19H,2,12-13,20-21H2,1H3;1H. The van der Waals surface area contributed by atoms with Gasteiger partial charge in [-0.05, 0) is 49.2 Å². The van der Waals surface area contributed by atoms with E-state index in [0.29, 0.717) is 12.8 Å². The summed E-state index contributed by atoms with van der Waals surface area (Å²) in [4.78, 5) is 23.5. The van der Waals surface area contributed by atoms with Crippen molar-refractivity contribution in [1.82, 2.24) is 5.32 Å². The second kappa shape index (κ2) is 12.5. The van der Waals surface area contributed by atoms with Crippen LogP contribution in [-0.4, -0.2) is 18.0 Å². The van der Waals surface area contributed by atoms with Crippen LogP contribution < -0.4 is 38.2 Å². The molecule has 0 saturated carbocycles. The first-order valence-corrected chi connectivity index (χ1v) is 12.5. The minimum Gasteiger partial charge on any atom is -1.00 e. The maximum atomic E-state index is 12.0. The van der Waals surface area contributed by atoms with Gasteiger partial charge in [0.05, 0.1) is 6.16 Å². The summed E-state index contributed by atoms with van der Waals surface area (Å²) in [5.74, 6) is -0.385. The number of halogens is 1. The van der Waals surface area contributed by atoms with E-state index in [0.717, 1.165) is 19.0 Å². The SMILES string of the molecule is CCC(=O)NC(=O)CCCC[P+](c1ccccc1)(c1ccccc1)c1ccccc1.[Br-]. The smallest absolute Gasteiger partial charge is 0.226 e. The van der Waals surface area contributed by atoms with Crippen LogP contribution >= 0.6 is 7.26 Å². The van der Waals surface area contributed by atoms with Crippen molar-refractivity contribution in [3.8, 4) is 0 Å². The van der Waals surface area contributed by atoms with E-state index in [9.17, 15) is 9.59 Å². The topological polar surface area (TPSA) is 46.2 Å². The van der Waals surface area contributed by atoms with Crippen molar-refractivity contribution in [2.45, 2.75) is 32.6 Å². The second-order valence-corrected chi connectivity index (χ2v) is 10.9. The van der Waals surface area contributed by atoms with Gasteiger partial charge in [-0.3, -0.25) is 14.9 Å². The molecule has 0 aliphatic rings. The normalized spacial score (nSPS) is 10.7. The number of benzene rings is 3. The van der Waals surface area contributed by atoms with Gasteiger partial charge >= 0.3 is 0 Å². The Morgan fingerprint density at radius 2 is 1.10 bits per heavy atom. The Labute approximate surface area is 196 Å². The van der Waals surface area contributed by atoms with Crippen LogP contribution in [0.15, 0.2) is 91.0 Å². The highest BCUT2D eigenvalue weighted by atomic mass is 79.9. The average molecular weight is 498 g/mol. The second-order valence-electron chi connectivity index (χ2n) is 7.32. The molecule has 0 aromatic heterocycles. The Balaban J connectivity index is 0.00000341. The molecule has 0 fully saturated rings. The van der Waals surface area contributed by atoms with Gasteiger partial charge in [0, 0.05) is 12.8 Å². The highest BCUT2D eigenvalue weighted by Crippen LogP contribution is 2.55. The van der Waals surface area contributed by atoms with E-state index in [4.69, 9.17) is 0 Å². The van der Waals surface area contributed by atoms with E-state index < -0.39 is 7.26 Å². The van der Waals surface area contributed by atoms with Crippen LogP contribution in [0.1, 0.15) is 32.6 Å². The summed E-state index contributed by atoms with van der Waals surface area (Å²) in [5, 5.41) is 6.52. The van der Waals surface area contributed by atoms with Crippen molar-refractivity contribution in [3.05, 3.63) is 91.0 Å². The molecule has 0 atom stereocenters. The third-order valence-electron chi connectivity index (χ3n) is 5.34. The van der Waals surface area contributed by atoms with E-state index >= 15 is 0 Å². The lowest BCUT2D eigenvalue weighted by molar-refractivity contribution is -0.130. The van der Waals surface area contributed by atoms with Crippen molar-refractivity contribution in [3.63, 3.8) is 0 Å². The van der Waals surface area contributed by atoms with E-state index in [2.05, 4.69) is 96.3 Å². The maximum absolute atomic E-state index is 12.0. The lowest BCUT2D eigenvalue weighted by atomic mass is 10.2. The summed E-state index contributed by atoms with van der Waals surface area (Å²) < 4.78 is 0. The Kier molecular flexibility index (Phi) is 10.1. The van der Waals surface area contributed by atoms with Gasteiger partial charge in [-0.25, -0.2) is 0 Å². The molecule has 0 radical (unpaired) electrons. The third-order valence-corrected chi connectivity index (χ3v) is 9.86. The molecule has 162 valence electrons. The van der Waals surface area contributed by atoms with E-state index in [-0.39, 0.29) is 28.8 Å². The number of amides is 2. The lowest BCUT2D eigenvalue weighted by Crippen LogP contribution is -3.00. The molecule has 3 rings (SSSR count). The quantitative estimate of drug-likeness (QED) is 0.356. The number of carbonyl (C=O) groups is 2. The summed E-state index contributed by atoms with van der Waals surface area (Å²) in [7, 11) is -1.85. The first kappa shape index (κ1) is 25.0. The fraction of sp³-hybridized carbons (Fsp3) is 0.231. The Bertz CT molecular complexity index is 852. The van der Waals surface area contributed by atoms with Crippen LogP contribution in [0, 0.1) is 0 Å². The summed E-state index contributed by atoms with van der Waals surface area (Å²) >= 11 is 0. The summed E-state index contributed by atoms with van der Waals surface area (Å²) in [6.45, 7) is 1.75. The average Bonchev–Trinajstić information content (AvgIpc) is 2.81. The monoisotopic (exact) mass is 497 g/mol. The molecule has 3 nitrogen and oxygen atoms in total. The molecule has 31 heavy (non-hydrogen) atoms. The number of imide groups is 1. The minimum atomic E-state index is -1.85. The zero-order valence-electron chi connectivity index (χ0n) is 17.8. The van der Waals surface area contributed by atoms with Crippen molar-refractivity contribution < 1.29 is 26.6 Å². The molecule has 0 heterocycles. The van der Waals surface area contributed by atoms with Crippen LogP contribution in [0.5, 0.6) is 0 Å². The Morgan fingerprint density at radius 3 is 1.48 bits per heavy atom. The van der Waals surface area contributed by atoms with Crippen LogP contribution in [0.2, 0.25) is 0 Å². The Hall–Kier alpha value is -2.29. The largest absolute Gasteiger partial charge is 1.00 e. The lowest BCUT2D eigenvalue weighted by Gasteiger charge is -2.27. The zero-order chi connectivity index (χ0) is 21.2. The molecule has 0 saturated heterocycles. The van der Waals surface area contributed by atoms with Gasteiger partial charge in [0.2, 0.25) is 11.8 Å². The van der Waals surface area contributed by atoms with Gasteiger partial charge in [-0.1, -0.05) is 61.5 Å². The van der Waals surface area contributed by atoms with E-state index in [1.54, 1.807) is 6.92 Å². The number of hydrogen-bond donors (Lipinski definition) is 1. The van der Waals surface area contributed by atoms with Gasteiger partial charge in [0.1, 0.15) is 23.2 Å². The predicted molar refractivity (Wildman–Crippen MR) is 127 cm³/mol. The van der Waals surface area contributed by atoms with Gasteiger partial charge in [0.15, 0.2) is 0 Å². The highest BCUT2D eigenvalue weighted by molar-refractivity contribution is 7.95. The first-order valence-electron chi connectivity index (χ1n) is 10.5. The van der Waals surface area contributed by atoms with Crippen LogP contribution in [0.4, 0.5) is 0 Å².